The van der Waals surface area contributed by atoms with Crippen molar-refractivity contribution in [1.29, 1.82) is 0 Å². The lowest BCUT2D eigenvalue weighted by molar-refractivity contribution is -0.139. The van der Waals surface area contributed by atoms with Crippen molar-refractivity contribution in [1.82, 2.24) is 16.0 Å². The molecule has 0 aliphatic rings. The van der Waals surface area contributed by atoms with Gasteiger partial charge in [-0.3, -0.25) is 9.59 Å². The van der Waals surface area contributed by atoms with Gasteiger partial charge in [0.05, 0.1) is 0 Å². The third kappa shape index (κ3) is 25.8. The van der Waals surface area contributed by atoms with Crippen LogP contribution in [0.1, 0.15) is 142 Å². The lowest BCUT2D eigenvalue weighted by atomic mass is 10.0. The molecule has 0 aliphatic heterocycles. The fraction of sp³-hybridized carbons (Fsp3) is 0.931. The van der Waals surface area contributed by atoms with Gasteiger partial charge in [0.2, 0.25) is 5.91 Å². The Morgan fingerprint density at radius 2 is 1.09 bits per heavy atom. The maximum Gasteiger partial charge on any atom is 0.320 e. The number of carboxylic acids is 1. The number of nitrogens with one attached hydrogen (secondary N) is 3. The van der Waals surface area contributed by atoms with Gasteiger partial charge in [0, 0.05) is 13.0 Å². The second kappa shape index (κ2) is 27.4. The molecule has 0 aromatic rings. The van der Waals surface area contributed by atoms with Crippen molar-refractivity contribution in [2.24, 2.45) is 0 Å². The summed E-state index contributed by atoms with van der Waals surface area (Å²) < 4.78 is 0. The lowest BCUT2D eigenvalue weighted by Gasteiger charge is -2.10. The molecule has 0 heterocycles. The van der Waals surface area contributed by atoms with E-state index in [1.54, 1.807) is 7.05 Å². The molecular weight excluding hydrogens is 438 g/mol. The summed E-state index contributed by atoms with van der Waals surface area (Å²) in [6, 6.07) is -0.492. The number of amides is 1. The van der Waals surface area contributed by atoms with Crippen molar-refractivity contribution in [3.05, 3.63) is 0 Å². The molecule has 1 amide bonds. The van der Waals surface area contributed by atoms with Gasteiger partial charge < -0.3 is 21.1 Å². The molecule has 208 valence electrons. The summed E-state index contributed by atoms with van der Waals surface area (Å²) in [4.78, 5) is 22.8. The normalized spacial score (nSPS) is 12.1. The van der Waals surface area contributed by atoms with Crippen LogP contribution in [0.5, 0.6) is 0 Å². The average Bonchev–Trinajstić information content (AvgIpc) is 2.84. The third-order valence-corrected chi connectivity index (χ3v) is 6.85. The van der Waals surface area contributed by atoms with Gasteiger partial charge in [0.1, 0.15) is 6.04 Å². The van der Waals surface area contributed by atoms with E-state index in [9.17, 15) is 9.59 Å². The zero-order chi connectivity index (χ0) is 25.8. The molecule has 0 aromatic carbocycles. The highest BCUT2D eigenvalue weighted by Gasteiger charge is 2.13. The quantitative estimate of drug-likeness (QED) is 0.0917. The molecule has 0 aromatic heterocycles. The minimum atomic E-state index is -0.814. The minimum Gasteiger partial charge on any atom is -0.480 e. The Balaban J connectivity index is 3.21. The van der Waals surface area contributed by atoms with Gasteiger partial charge in [-0.2, -0.15) is 0 Å². The number of aliphatic carboxylic acids is 1. The summed E-state index contributed by atoms with van der Waals surface area (Å²) in [6.45, 7) is 5.09. The third-order valence-electron chi connectivity index (χ3n) is 6.85. The van der Waals surface area contributed by atoms with Crippen LogP contribution in [0.15, 0.2) is 0 Å². The van der Waals surface area contributed by atoms with E-state index in [2.05, 4.69) is 22.9 Å². The topological polar surface area (TPSA) is 90.5 Å². The van der Waals surface area contributed by atoms with E-state index in [-0.39, 0.29) is 5.91 Å². The largest absolute Gasteiger partial charge is 0.480 e. The number of rotatable bonds is 28. The van der Waals surface area contributed by atoms with E-state index >= 15 is 0 Å². The highest BCUT2D eigenvalue weighted by molar-refractivity contribution is 5.75. The van der Waals surface area contributed by atoms with Crippen LogP contribution in [-0.4, -0.2) is 49.7 Å². The molecule has 0 unspecified atom stereocenters. The first-order valence-electron chi connectivity index (χ1n) is 15.0. The van der Waals surface area contributed by atoms with Crippen LogP contribution in [0.2, 0.25) is 0 Å². The molecule has 0 fully saturated rings. The smallest absolute Gasteiger partial charge is 0.320 e. The Hall–Kier alpha value is -1.14. The summed E-state index contributed by atoms with van der Waals surface area (Å²) in [5.74, 6) is -0.700. The number of carbonyl (C=O) groups excluding carboxylic acids is 1. The number of likely N-dealkylation sites (N-methyl/N-ethyl adjacent to an activating group) is 1. The number of hydrogen-bond acceptors (Lipinski definition) is 4. The van der Waals surface area contributed by atoms with Gasteiger partial charge in [-0.1, -0.05) is 96.8 Å². The lowest BCUT2D eigenvalue weighted by Crippen LogP contribution is -2.33. The molecule has 0 bridgehead atoms. The predicted molar refractivity (Wildman–Crippen MR) is 149 cm³/mol. The van der Waals surface area contributed by atoms with Crippen molar-refractivity contribution < 1.29 is 14.7 Å². The van der Waals surface area contributed by atoms with Gasteiger partial charge in [0.25, 0.3) is 0 Å². The highest BCUT2D eigenvalue weighted by atomic mass is 16.4. The first-order chi connectivity index (χ1) is 17.1. The SMILES string of the molecule is CCCCCCCCCCCCCCCCNCCCCCC(=O)NCCCC[C@H](NC)C(=O)O. The van der Waals surface area contributed by atoms with Crippen LogP contribution in [0.25, 0.3) is 0 Å². The number of unbranched alkanes of at least 4 members (excludes halogenated alkanes) is 16. The summed E-state index contributed by atoms with van der Waals surface area (Å²) in [6.07, 6.45) is 25.6. The van der Waals surface area contributed by atoms with E-state index < -0.39 is 12.0 Å². The van der Waals surface area contributed by atoms with Gasteiger partial charge in [0.15, 0.2) is 0 Å². The van der Waals surface area contributed by atoms with Crippen molar-refractivity contribution in [2.45, 2.75) is 148 Å². The Labute approximate surface area is 217 Å². The van der Waals surface area contributed by atoms with Crippen molar-refractivity contribution in [3.63, 3.8) is 0 Å². The molecule has 4 N–H and O–H groups in total. The summed E-state index contributed by atoms with van der Waals surface area (Å²) in [5, 5.41) is 18.2. The molecule has 0 radical (unpaired) electrons. The number of hydrogen-bond donors (Lipinski definition) is 4. The molecule has 0 spiro atoms. The van der Waals surface area contributed by atoms with Crippen molar-refractivity contribution in [3.8, 4) is 0 Å². The van der Waals surface area contributed by atoms with Gasteiger partial charge in [-0.05, 0) is 58.7 Å². The molecule has 1 atom stereocenters. The average molecular weight is 498 g/mol. The van der Waals surface area contributed by atoms with Gasteiger partial charge in [-0.15, -0.1) is 0 Å². The molecule has 0 rings (SSSR count). The van der Waals surface area contributed by atoms with Gasteiger partial charge in [-0.25, -0.2) is 0 Å². The van der Waals surface area contributed by atoms with E-state index in [0.29, 0.717) is 19.4 Å². The zero-order valence-corrected chi connectivity index (χ0v) is 23.3. The Morgan fingerprint density at radius 1 is 0.629 bits per heavy atom. The zero-order valence-electron chi connectivity index (χ0n) is 23.3. The molecule has 0 aliphatic carbocycles. The minimum absolute atomic E-state index is 0.115. The predicted octanol–water partition coefficient (Wildman–Crippen LogP) is 6.58. The van der Waals surface area contributed by atoms with Gasteiger partial charge >= 0.3 is 5.97 Å². The molecule has 6 heteroatoms. The fourth-order valence-electron chi connectivity index (χ4n) is 4.46. The number of carboxylic acid groups (broad SMARTS) is 1. The van der Waals surface area contributed by atoms with Crippen LogP contribution < -0.4 is 16.0 Å². The molecule has 0 saturated carbocycles. The molecule has 35 heavy (non-hydrogen) atoms. The second-order valence-electron chi connectivity index (χ2n) is 10.2. The van der Waals surface area contributed by atoms with E-state index in [1.807, 2.05) is 0 Å². The number of carbonyl (C=O) groups is 2. The maximum atomic E-state index is 11.9. The molecule has 6 nitrogen and oxygen atoms in total. The Kier molecular flexibility index (Phi) is 26.6. The molecular formula is C29H59N3O3. The van der Waals surface area contributed by atoms with Crippen molar-refractivity contribution >= 4 is 11.9 Å². The van der Waals surface area contributed by atoms with Crippen LogP contribution >= 0.6 is 0 Å². The van der Waals surface area contributed by atoms with Crippen LogP contribution in [0, 0.1) is 0 Å². The van der Waals surface area contributed by atoms with Crippen LogP contribution in [-0.2, 0) is 9.59 Å². The first kappa shape index (κ1) is 33.9. The Bertz CT molecular complexity index is 474. The standard InChI is InChI=1S/C29H59N3O3/c1-3-4-5-6-7-8-9-10-11-12-13-14-15-19-24-31-25-20-16-17-23-28(33)32-26-21-18-22-27(30-2)29(34)35/h27,30-31H,3-26H2,1-2H3,(H,32,33)(H,34,35)/t27-/m0/s1. The summed E-state index contributed by atoms with van der Waals surface area (Å²) in [7, 11) is 1.66. The van der Waals surface area contributed by atoms with E-state index in [1.165, 1.54) is 89.9 Å². The fourth-order valence-corrected chi connectivity index (χ4v) is 4.46. The molecule has 0 saturated heterocycles. The first-order valence-corrected chi connectivity index (χ1v) is 15.0. The summed E-state index contributed by atoms with van der Waals surface area (Å²) >= 11 is 0. The second-order valence-corrected chi connectivity index (χ2v) is 10.2. The highest BCUT2D eigenvalue weighted by Crippen LogP contribution is 2.12. The maximum absolute atomic E-state index is 11.9. The Morgan fingerprint density at radius 3 is 1.57 bits per heavy atom. The van der Waals surface area contributed by atoms with E-state index in [4.69, 9.17) is 5.11 Å². The monoisotopic (exact) mass is 497 g/mol. The van der Waals surface area contributed by atoms with Crippen LogP contribution in [0.3, 0.4) is 0 Å². The van der Waals surface area contributed by atoms with Crippen LogP contribution in [0.4, 0.5) is 0 Å². The van der Waals surface area contributed by atoms with E-state index in [0.717, 1.165) is 45.2 Å². The summed E-state index contributed by atoms with van der Waals surface area (Å²) in [5.41, 5.74) is 0. The van der Waals surface area contributed by atoms with Crippen molar-refractivity contribution in [2.75, 3.05) is 26.7 Å².